The van der Waals surface area contributed by atoms with Crippen molar-refractivity contribution in [3.05, 3.63) is 21.9 Å². The van der Waals surface area contributed by atoms with E-state index in [0.29, 0.717) is 17.4 Å². The molecule has 0 radical (unpaired) electrons. The second kappa shape index (κ2) is 6.11. The van der Waals surface area contributed by atoms with Gasteiger partial charge in [-0.2, -0.15) is 0 Å². The molecule has 3 N–H and O–H groups in total. The van der Waals surface area contributed by atoms with Crippen molar-refractivity contribution < 1.29 is 14.3 Å². The summed E-state index contributed by atoms with van der Waals surface area (Å²) >= 11 is 1.40. The topological polar surface area (TPSA) is 73.6 Å². The normalized spacial score (nSPS) is 19.5. The van der Waals surface area contributed by atoms with E-state index in [1.807, 2.05) is 6.07 Å². The Labute approximate surface area is 104 Å². The molecule has 0 bridgehead atoms. The van der Waals surface area contributed by atoms with Crippen LogP contribution in [0.15, 0.2) is 12.1 Å². The average molecular weight is 256 g/mol. The first-order valence-corrected chi connectivity index (χ1v) is 6.36. The molecule has 1 aromatic rings. The quantitative estimate of drug-likeness (QED) is 0.466. The van der Waals surface area contributed by atoms with Gasteiger partial charge in [-0.3, -0.25) is 10.2 Å². The molecule has 6 heteroatoms. The van der Waals surface area contributed by atoms with Gasteiger partial charge in [-0.1, -0.05) is 0 Å². The number of hydrogen-bond donors (Lipinski definition) is 2. The van der Waals surface area contributed by atoms with Crippen molar-refractivity contribution in [2.24, 2.45) is 11.8 Å². The number of carbonyl (C=O) groups is 1. The van der Waals surface area contributed by atoms with E-state index in [9.17, 15) is 4.79 Å². The summed E-state index contributed by atoms with van der Waals surface area (Å²) in [5.74, 6) is 5.31. The van der Waals surface area contributed by atoms with E-state index in [0.717, 1.165) is 31.1 Å². The Bertz CT molecular complexity index is 375. The van der Waals surface area contributed by atoms with Crippen LogP contribution in [0.3, 0.4) is 0 Å². The Morgan fingerprint density at radius 2 is 2.53 bits per heavy atom. The van der Waals surface area contributed by atoms with Crippen LogP contribution in [0.5, 0.6) is 0 Å². The van der Waals surface area contributed by atoms with E-state index in [1.165, 1.54) is 11.3 Å². The predicted molar refractivity (Wildman–Crippen MR) is 64.6 cm³/mol. The van der Waals surface area contributed by atoms with Crippen LogP contribution >= 0.6 is 11.3 Å². The Morgan fingerprint density at radius 1 is 1.65 bits per heavy atom. The highest BCUT2D eigenvalue weighted by Crippen LogP contribution is 2.18. The lowest BCUT2D eigenvalue weighted by atomic mass is 10.1. The largest absolute Gasteiger partial charge is 0.381 e. The SMILES string of the molecule is NNC(=O)c1ccc(COCC2CCOC2)s1. The van der Waals surface area contributed by atoms with Crippen molar-refractivity contribution in [3.8, 4) is 0 Å². The second-order valence-corrected chi connectivity index (χ2v) is 5.15. The molecule has 1 unspecified atom stereocenters. The zero-order valence-electron chi connectivity index (χ0n) is 9.48. The van der Waals surface area contributed by atoms with Gasteiger partial charge in [0, 0.05) is 17.4 Å². The highest BCUT2D eigenvalue weighted by Gasteiger charge is 2.15. The number of nitrogen functional groups attached to an aromatic ring is 1. The molecule has 0 saturated carbocycles. The molecule has 94 valence electrons. The van der Waals surface area contributed by atoms with Crippen LogP contribution in [0.1, 0.15) is 21.0 Å². The van der Waals surface area contributed by atoms with Crippen LogP contribution in [-0.4, -0.2) is 25.7 Å². The van der Waals surface area contributed by atoms with Gasteiger partial charge in [-0.25, -0.2) is 5.84 Å². The molecule has 1 fully saturated rings. The van der Waals surface area contributed by atoms with Gasteiger partial charge in [0.1, 0.15) is 0 Å². The van der Waals surface area contributed by atoms with E-state index in [4.69, 9.17) is 15.3 Å². The van der Waals surface area contributed by atoms with Crippen molar-refractivity contribution in [1.29, 1.82) is 0 Å². The third-order valence-corrected chi connectivity index (χ3v) is 3.70. The zero-order valence-corrected chi connectivity index (χ0v) is 10.3. The van der Waals surface area contributed by atoms with Gasteiger partial charge < -0.3 is 9.47 Å². The van der Waals surface area contributed by atoms with Crippen molar-refractivity contribution in [3.63, 3.8) is 0 Å². The molecule has 0 spiro atoms. The fourth-order valence-electron chi connectivity index (χ4n) is 1.69. The number of nitrogens with one attached hydrogen (secondary N) is 1. The molecule has 0 aliphatic carbocycles. The zero-order chi connectivity index (χ0) is 12.1. The molecule has 5 nitrogen and oxygen atoms in total. The minimum atomic E-state index is -0.259. The minimum Gasteiger partial charge on any atom is -0.381 e. The fourth-order valence-corrected chi connectivity index (χ4v) is 2.54. The Kier molecular flexibility index (Phi) is 4.49. The van der Waals surface area contributed by atoms with Gasteiger partial charge in [0.05, 0.1) is 24.7 Å². The van der Waals surface area contributed by atoms with Crippen LogP contribution in [0.2, 0.25) is 0 Å². The van der Waals surface area contributed by atoms with Gasteiger partial charge >= 0.3 is 0 Å². The Morgan fingerprint density at radius 3 is 3.24 bits per heavy atom. The summed E-state index contributed by atoms with van der Waals surface area (Å²) in [4.78, 5) is 12.9. The summed E-state index contributed by atoms with van der Waals surface area (Å²) in [7, 11) is 0. The summed E-state index contributed by atoms with van der Waals surface area (Å²) in [5.41, 5.74) is 2.11. The molecule has 17 heavy (non-hydrogen) atoms. The maximum atomic E-state index is 11.2. The third kappa shape index (κ3) is 3.50. The number of thiophene rings is 1. The van der Waals surface area contributed by atoms with Crippen molar-refractivity contribution in [2.45, 2.75) is 13.0 Å². The maximum Gasteiger partial charge on any atom is 0.275 e. The summed E-state index contributed by atoms with van der Waals surface area (Å²) in [6.07, 6.45) is 1.07. The summed E-state index contributed by atoms with van der Waals surface area (Å²) in [6.45, 7) is 2.90. The van der Waals surface area contributed by atoms with Gasteiger partial charge in [0.15, 0.2) is 0 Å². The molecule has 1 amide bonds. The van der Waals surface area contributed by atoms with E-state index in [2.05, 4.69) is 5.43 Å². The third-order valence-electron chi connectivity index (χ3n) is 2.64. The molecule has 0 aromatic carbocycles. The van der Waals surface area contributed by atoms with Gasteiger partial charge in [0.2, 0.25) is 0 Å². The highest BCUT2D eigenvalue weighted by molar-refractivity contribution is 7.14. The molecular weight excluding hydrogens is 240 g/mol. The average Bonchev–Trinajstić information content (AvgIpc) is 2.99. The fraction of sp³-hybridized carbons (Fsp3) is 0.545. The molecule has 1 atom stereocenters. The number of nitrogens with two attached hydrogens (primary N) is 1. The summed E-state index contributed by atoms with van der Waals surface area (Å²) in [5, 5.41) is 0. The molecule has 2 heterocycles. The minimum absolute atomic E-state index is 0.259. The monoisotopic (exact) mass is 256 g/mol. The lowest BCUT2D eigenvalue weighted by Crippen LogP contribution is -2.29. The molecule has 1 aromatic heterocycles. The predicted octanol–water partition coefficient (Wildman–Crippen LogP) is 0.905. The smallest absolute Gasteiger partial charge is 0.275 e. The van der Waals surface area contributed by atoms with Crippen LogP contribution in [0.25, 0.3) is 0 Å². The second-order valence-electron chi connectivity index (χ2n) is 3.98. The molecule has 2 rings (SSSR count). The van der Waals surface area contributed by atoms with Crippen molar-refractivity contribution >= 4 is 17.2 Å². The lowest BCUT2D eigenvalue weighted by Gasteiger charge is -2.07. The number of carbonyl (C=O) groups excluding carboxylic acids is 1. The van der Waals surface area contributed by atoms with Crippen molar-refractivity contribution in [1.82, 2.24) is 5.43 Å². The molecular formula is C11H16N2O3S. The van der Waals surface area contributed by atoms with E-state index >= 15 is 0 Å². The Hall–Kier alpha value is -0.950. The van der Waals surface area contributed by atoms with E-state index in [1.54, 1.807) is 6.07 Å². The first kappa shape index (κ1) is 12.5. The number of rotatable bonds is 5. The number of hydrazine groups is 1. The molecule has 1 saturated heterocycles. The van der Waals surface area contributed by atoms with E-state index < -0.39 is 0 Å². The van der Waals surface area contributed by atoms with E-state index in [-0.39, 0.29) is 5.91 Å². The highest BCUT2D eigenvalue weighted by atomic mass is 32.1. The standard InChI is InChI=1S/C11H16N2O3S/c12-13-11(14)10-2-1-9(17-10)7-16-6-8-3-4-15-5-8/h1-2,8H,3-7,12H2,(H,13,14). The number of hydrogen-bond acceptors (Lipinski definition) is 5. The summed E-state index contributed by atoms with van der Waals surface area (Å²) in [6, 6.07) is 3.64. The van der Waals surface area contributed by atoms with Crippen LogP contribution in [0, 0.1) is 5.92 Å². The van der Waals surface area contributed by atoms with Crippen LogP contribution in [-0.2, 0) is 16.1 Å². The Balaban J connectivity index is 1.74. The van der Waals surface area contributed by atoms with Crippen LogP contribution < -0.4 is 11.3 Å². The number of ether oxygens (including phenoxy) is 2. The first-order valence-electron chi connectivity index (χ1n) is 5.54. The lowest BCUT2D eigenvalue weighted by molar-refractivity contribution is 0.0806. The molecule has 1 aliphatic rings. The van der Waals surface area contributed by atoms with Crippen LogP contribution in [0.4, 0.5) is 0 Å². The molecule has 1 aliphatic heterocycles. The van der Waals surface area contributed by atoms with Gasteiger partial charge in [-0.15, -0.1) is 11.3 Å². The summed E-state index contributed by atoms with van der Waals surface area (Å²) < 4.78 is 10.9. The maximum absolute atomic E-state index is 11.2. The number of amides is 1. The van der Waals surface area contributed by atoms with Gasteiger partial charge in [0.25, 0.3) is 5.91 Å². The first-order chi connectivity index (χ1) is 8.29. The van der Waals surface area contributed by atoms with Crippen molar-refractivity contribution in [2.75, 3.05) is 19.8 Å². The van der Waals surface area contributed by atoms with Gasteiger partial charge in [-0.05, 0) is 18.6 Å².